The third kappa shape index (κ3) is 4.32. The van der Waals surface area contributed by atoms with Crippen LogP contribution in [0.3, 0.4) is 0 Å². The Kier molecular flexibility index (Phi) is 5.48. The highest BCUT2D eigenvalue weighted by Crippen LogP contribution is 2.34. The van der Waals surface area contributed by atoms with Gasteiger partial charge in [-0.3, -0.25) is 0 Å². The van der Waals surface area contributed by atoms with E-state index in [9.17, 15) is 0 Å². The normalized spacial score (nSPS) is 27.9. The van der Waals surface area contributed by atoms with Gasteiger partial charge in [-0.2, -0.15) is 0 Å². The summed E-state index contributed by atoms with van der Waals surface area (Å²) in [5.74, 6) is 2.47. The summed E-state index contributed by atoms with van der Waals surface area (Å²) in [6.07, 6.45) is 4.12. The molecule has 0 aromatic heterocycles. The SMILES string of the molecule is Cc1cc(C)cc(C(C)NC2CC(C)CCC2C(C)C)c1. The molecule has 1 heteroatoms. The van der Waals surface area contributed by atoms with Crippen LogP contribution in [0.15, 0.2) is 18.2 Å². The Bertz CT molecular complexity index is 443. The molecule has 0 aliphatic heterocycles. The molecule has 1 aliphatic rings. The van der Waals surface area contributed by atoms with E-state index in [1.807, 2.05) is 0 Å². The Balaban J connectivity index is 2.10. The van der Waals surface area contributed by atoms with Gasteiger partial charge in [0.05, 0.1) is 0 Å². The van der Waals surface area contributed by atoms with Crippen LogP contribution >= 0.6 is 0 Å². The van der Waals surface area contributed by atoms with E-state index >= 15 is 0 Å². The second kappa shape index (κ2) is 6.96. The van der Waals surface area contributed by atoms with Crippen LogP contribution in [0, 0.1) is 31.6 Å². The van der Waals surface area contributed by atoms with Gasteiger partial charge in [-0.1, -0.05) is 56.5 Å². The molecule has 1 aromatic carbocycles. The van der Waals surface area contributed by atoms with Gasteiger partial charge in [0.2, 0.25) is 0 Å². The Labute approximate surface area is 131 Å². The minimum Gasteiger partial charge on any atom is -0.307 e. The Morgan fingerprint density at radius 1 is 1.00 bits per heavy atom. The summed E-state index contributed by atoms with van der Waals surface area (Å²) in [5.41, 5.74) is 4.18. The molecule has 118 valence electrons. The molecule has 0 saturated heterocycles. The molecule has 0 heterocycles. The summed E-state index contributed by atoms with van der Waals surface area (Å²) in [6.45, 7) is 13.9. The molecule has 1 saturated carbocycles. The minimum absolute atomic E-state index is 0.445. The van der Waals surface area contributed by atoms with Crippen LogP contribution in [0.1, 0.15) is 69.7 Å². The van der Waals surface area contributed by atoms with Crippen molar-refractivity contribution >= 4 is 0 Å². The standard InChI is InChI=1S/C20H33N/c1-13(2)19-8-7-14(3)12-20(19)21-17(6)18-10-15(4)9-16(5)11-18/h9-11,13-14,17,19-21H,7-8,12H2,1-6H3. The summed E-state index contributed by atoms with van der Waals surface area (Å²) >= 11 is 0. The van der Waals surface area contributed by atoms with E-state index in [1.54, 1.807) is 0 Å². The van der Waals surface area contributed by atoms with Crippen molar-refractivity contribution in [1.82, 2.24) is 5.32 Å². The maximum atomic E-state index is 3.95. The van der Waals surface area contributed by atoms with Gasteiger partial charge < -0.3 is 5.32 Å². The molecule has 1 nitrogen and oxygen atoms in total. The first-order valence-electron chi connectivity index (χ1n) is 8.71. The first kappa shape index (κ1) is 16.5. The number of hydrogen-bond donors (Lipinski definition) is 1. The smallest absolute Gasteiger partial charge is 0.0294 e. The number of benzene rings is 1. The van der Waals surface area contributed by atoms with Crippen LogP contribution in [0.4, 0.5) is 0 Å². The highest BCUT2D eigenvalue weighted by molar-refractivity contribution is 5.30. The predicted octanol–water partition coefficient (Wildman–Crippen LogP) is 5.41. The van der Waals surface area contributed by atoms with E-state index in [-0.39, 0.29) is 0 Å². The molecule has 1 fully saturated rings. The Morgan fingerprint density at radius 3 is 2.19 bits per heavy atom. The molecule has 21 heavy (non-hydrogen) atoms. The fraction of sp³-hybridized carbons (Fsp3) is 0.700. The lowest BCUT2D eigenvalue weighted by Gasteiger charge is -2.39. The second-order valence-electron chi connectivity index (χ2n) is 7.74. The number of aryl methyl sites for hydroxylation is 2. The minimum atomic E-state index is 0.445. The average molecular weight is 287 g/mol. The van der Waals surface area contributed by atoms with Gasteiger partial charge in [0, 0.05) is 12.1 Å². The molecular formula is C20H33N. The molecule has 4 unspecified atom stereocenters. The topological polar surface area (TPSA) is 12.0 Å². The van der Waals surface area contributed by atoms with Gasteiger partial charge in [-0.25, -0.2) is 0 Å². The maximum absolute atomic E-state index is 3.95. The zero-order chi connectivity index (χ0) is 15.6. The molecule has 2 rings (SSSR count). The van der Waals surface area contributed by atoms with Gasteiger partial charge >= 0.3 is 0 Å². The van der Waals surface area contributed by atoms with Crippen LogP contribution in [0.5, 0.6) is 0 Å². The lowest BCUT2D eigenvalue weighted by molar-refractivity contribution is 0.161. The molecule has 4 atom stereocenters. The molecule has 0 amide bonds. The maximum Gasteiger partial charge on any atom is 0.0294 e. The molecular weight excluding hydrogens is 254 g/mol. The van der Waals surface area contributed by atoms with Crippen LogP contribution in [0.25, 0.3) is 0 Å². The van der Waals surface area contributed by atoms with Crippen molar-refractivity contribution < 1.29 is 0 Å². The molecule has 1 N–H and O–H groups in total. The summed E-state index contributed by atoms with van der Waals surface area (Å²) in [5, 5.41) is 3.95. The number of nitrogens with one attached hydrogen (secondary N) is 1. The lowest BCUT2D eigenvalue weighted by atomic mass is 9.73. The molecule has 0 bridgehead atoms. The second-order valence-corrected chi connectivity index (χ2v) is 7.74. The predicted molar refractivity (Wildman–Crippen MR) is 92.6 cm³/mol. The zero-order valence-electron chi connectivity index (χ0n) is 14.7. The Morgan fingerprint density at radius 2 is 1.62 bits per heavy atom. The lowest BCUT2D eigenvalue weighted by Crippen LogP contribution is -2.43. The Hall–Kier alpha value is -0.820. The van der Waals surface area contributed by atoms with E-state index in [2.05, 4.69) is 65.1 Å². The third-order valence-corrected chi connectivity index (χ3v) is 5.23. The van der Waals surface area contributed by atoms with Gasteiger partial charge in [0.25, 0.3) is 0 Å². The van der Waals surface area contributed by atoms with E-state index in [1.165, 1.54) is 36.0 Å². The van der Waals surface area contributed by atoms with Crippen molar-refractivity contribution in [3.63, 3.8) is 0 Å². The summed E-state index contributed by atoms with van der Waals surface area (Å²) in [7, 11) is 0. The zero-order valence-corrected chi connectivity index (χ0v) is 14.7. The van der Waals surface area contributed by atoms with Crippen molar-refractivity contribution in [2.75, 3.05) is 0 Å². The summed E-state index contributed by atoms with van der Waals surface area (Å²) in [4.78, 5) is 0. The molecule has 0 radical (unpaired) electrons. The van der Waals surface area contributed by atoms with Crippen LogP contribution in [-0.4, -0.2) is 6.04 Å². The molecule has 0 spiro atoms. The summed E-state index contributed by atoms with van der Waals surface area (Å²) in [6, 6.07) is 8.04. The van der Waals surface area contributed by atoms with Crippen molar-refractivity contribution in [3.8, 4) is 0 Å². The fourth-order valence-corrected chi connectivity index (χ4v) is 4.07. The van der Waals surface area contributed by atoms with Gasteiger partial charge in [0.15, 0.2) is 0 Å². The van der Waals surface area contributed by atoms with Gasteiger partial charge in [0.1, 0.15) is 0 Å². The van der Waals surface area contributed by atoms with Crippen molar-refractivity contribution in [3.05, 3.63) is 34.9 Å². The fourth-order valence-electron chi connectivity index (χ4n) is 4.07. The molecule has 1 aromatic rings. The largest absolute Gasteiger partial charge is 0.307 e. The highest BCUT2D eigenvalue weighted by Gasteiger charge is 2.31. The third-order valence-electron chi connectivity index (χ3n) is 5.23. The first-order chi connectivity index (χ1) is 9.86. The van der Waals surface area contributed by atoms with E-state index in [4.69, 9.17) is 0 Å². The van der Waals surface area contributed by atoms with Crippen LogP contribution < -0.4 is 5.32 Å². The number of hydrogen-bond acceptors (Lipinski definition) is 1. The van der Waals surface area contributed by atoms with Crippen molar-refractivity contribution in [1.29, 1.82) is 0 Å². The van der Waals surface area contributed by atoms with E-state index < -0.39 is 0 Å². The van der Waals surface area contributed by atoms with Crippen LogP contribution in [0.2, 0.25) is 0 Å². The number of rotatable bonds is 4. The first-order valence-corrected chi connectivity index (χ1v) is 8.71. The van der Waals surface area contributed by atoms with Gasteiger partial charge in [-0.15, -0.1) is 0 Å². The van der Waals surface area contributed by atoms with E-state index in [0.29, 0.717) is 12.1 Å². The summed E-state index contributed by atoms with van der Waals surface area (Å²) < 4.78 is 0. The molecule has 1 aliphatic carbocycles. The monoisotopic (exact) mass is 287 g/mol. The van der Waals surface area contributed by atoms with Crippen LogP contribution in [-0.2, 0) is 0 Å². The van der Waals surface area contributed by atoms with Crippen molar-refractivity contribution in [2.24, 2.45) is 17.8 Å². The highest BCUT2D eigenvalue weighted by atomic mass is 15.0. The van der Waals surface area contributed by atoms with Gasteiger partial charge in [-0.05, 0) is 56.9 Å². The van der Waals surface area contributed by atoms with E-state index in [0.717, 1.165) is 17.8 Å². The average Bonchev–Trinajstić information content (AvgIpc) is 2.37. The van der Waals surface area contributed by atoms with Crippen molar-refractivity contribution in [2.45, 2.75) is 72.9 Å². The quantitative estimate of drug-likeness (QED) is 0.780.